The standard InChI is InChI=1S/C14H25N3O2/c1-4-14(2,18-3)13-16-12(19-17-13)10-8-6-5-7-9-11(10)15/h10-11H,4-9,15H2,1-3H3. The van der Waals surface area contributed by atoms with E-state index in [4.69, 9.17) is 15.0 Å². The molecule has 3 unspecified atom stereocenters. The summed E-state index contributed by atoms with van der Waals surface area (Å²) in [6.07, 6.45) is 6.51. The van der Waals surface area contributed by atoms with Crippen LogP contribution in [0.4, 0.5) is 0 Å². The van der Waals surface area contributed by atoms with Gasteiger partial charge in [-0.3, -0.25) is 0 Å². The molecule has 1 saturated carbocycles. The van der Waals surface area contributed by atoms with E-state index >= 15 is 0 Å². The Hall–Kier alpha value is -0.940. The normalized spacial score (nSPS) is 27.8. The molecule has 0 spiro atoms. The van der Waals surface area contributed by atoms with Crippen molar-refractivity contribution in [2.45, 2.75) is 69.9 Å². The van der Waals surface area contributed by atoms with E-state index in [1.807, 2.05) is 6.92 Å². The lowest BCUT2D eigenvalue weighted by atomic mass is 9.95. The summed E-state index contributed by atoms with van der Waals surface area (Å²) in [4.78, 5) is 4.56. The number of nitrogens with zero attached hydrogens (tertiary/aromatic N) is 2. The molecule has 0 bridgehead atoms. The largest absolute Gasteiger partial charge is 0.370 e. The van der Waals surface area contributed by atoms with Crippen LogP contribution in [-0.4, -0.2) is 23.3 Å². The van der Waals surface area contributed by atoms with Crippen LogP contribution < -0.4 is 5.73 Å². The number of methoxy groups -OCH3 is 1. The molecule has 5 heteroatoms. The average molecular weight is 267 g/mol. The number of rotatable bonds is 4. The van der Waals surface area contributed by atoms with Crippen molar-refractivity contribution in [3.8, 4) is 0 Å². The molecule has 0 amide bonds. The molecule has 1 aromatic heterocycles. The molecule has 0 aromatic carbocycles. The number of hydrogen-bond acceptors (Lipinski definition) is 5. The quantitative estimate of drug-likeness (QED) is 0.849. The third-order valence-electron chi connectivity index (χ3n) is 4.43. The van der Waals surface area contributed by atoms with E-state index in [1.54, 1.807) is 7.11 Å². The first kappa shape index (κ1) is 14.5. The van der Waals surface area contributed by atoms with Gasteiger partial charge >= 0.3 is 0 Å². The Labute approximate surface area is 114 Å². The highest BCUT2D eigenvalue weighted by molar-refractivity contribution is 5.04. The molecule has 2 rings (SSSR count). The summed E-state index contributed by atoms with van der Waals surface area (Å²) in [5.41, 5.74) is 5.76. The molecular weight excluding hydrogens is 242 g/mol. The summed E-state index contributed by atoms with van der Waals surface area (Å²) in [6.45, 7) is 4.03. The fourth-order valence-electron chi connectivity index (χ4n) is 2.64. The van der Waals surface area contributed by atoms with E-state index in [-0.39, 0.29) is 12.0 Å². The average Bonchev–Trinajstić information content (AvgIpc) is 2.82. The maximum atomic E-state index is 6.24. The molecule has 3 atom stereocenters. The molecule has 108 valence electrons. The summed E-state index contributed by atoms with van der Waals surface area (Å²) >= 11 is 0. The van der Waals surface area contributed by atoms with Gasteiger partial charge in [-0.15, -0.1) is 0 Å². The van der Waals surface area contributed by atoms with Gasteiger partial charge in [0.15, 0.2) is 0 Å². The van der Waals surface area contributed by atoms with Crippen LogP contribution in [0.15, 0.2) is 4.52 Å². The summed E-state index contributed by atoms with van der Waals surface area (Å²) in [7, 11) is 1.68. The zero-order chi connectivity index (χ0) is 13.9. The third-order valence-corrected chi connectivity index (χ3v) is 4.43. The van der Waals surface area contributed by atoms with Gasteiger partial charge in [0.2, 0.25) is 11.7 Å². The lowest BCUT2D eigenvalue weighted by molar-refractivity contribution is -0.0106. The summed E-state index contributed by atoms with van der Waals surface area (Å²) in [6, 6.07) is 0.131. The SMILES string of the molecule is CCC(C)(OC)c1noc(C2CCCCCC2N)n1. The van der Waals surface area contributed by atoms with Crippen LogP contribution in [0.25, 0.3) is 0 Å². The van der Waals surface area contributed by atoms with Gasteiger partial charge in [0.1, 0.15) is 5.60 Å². The lowest BCUT2D eigenvalue weighted by Gasteiger charge is -2.22. The summed E-state index contributed by atoms with van der Waals surface area (Å²) in [5, 5.41) is 4.10. The van der Waals surface area contributed by atoms with Crippen molar-refractivity contribution in [1.29, 1.82) is 0 Å². The highest BCUT2D eigenvalue weighted by Gasteiger charge is 2.33. The van der Waals surface area contributed by atoms with E-state index in [9.17, 15) is 0 Å². The van der Waals surface area contributed by atoms with Gasteiger partial charge in [0.25, 0.3) is 0 Å². The second-order valence-corrected chi connectivity index (χ2v) is 5.65. The highest BCUT2D eigenvalue weighted by Crippen LogP contribution is 2.32. The van der Waals surface area contributed by atoms with Gasteiger partial charge in [-0.05, 0) is 26.2 Å². The lowest BCUT2D eigenvalue weighted by Crippen LogP contribution is -2.28. The Balaban J connectivity index is 2.20. The zero-order valence-corrected chi connectivity index (χ0v) is 12.2. The minimum Gasteiger partial charge on any atom is -0.370 e. The van der Waals surface area contributed by atoms with E-state index in [2.05, 4.69) is 17.1 Å². The number of ether oxygens (including phenoxy) is 1. The molecule has 1 aliphatic carbocycles. The Kier molecular flexibility index (Phi) is 4.58. The molecule has 19 heavy (non-hydrogen) atoms. The van der Waals surface area contributed by atoms with Crippen molar-refractivity contribution in [3.05, 3.63) is 11.7 Å². The maximum absolute atomic E-state index is 6.24. The van der Waals surface area contributed by atoms with Gasteiger partial charge < -0.3 is 15.0 Å². The minimum absolute atomic E-state index is 0.131. The molecule has 0 saturated heterocycles. The van der Waals surface area contributed by atoms with Gasteiger partial charge in [-0.2, -0.15) is 4.98 Å². The van der Waals surface area contributed by atoms with Crippen molar-refractivity contribution in [2.75, 3.05) is 7.11 Å². The molecule has 1 aromatic rings. The number of nitrogens with two attached hydrogens (primary N) is 1. The first-order valence-electron chi connectivity index (χ1n) is 7.25. The Morgan fingerprint density at radius 3 is 2.79 bits per heavy atom. The fraction of sp³-hybridized carbons (Fsp3) is 0.857. The molecule has 0 radical (unpaired) electrons. The second kappa shape index (κ2) is 6.01. The predicted octanol–water partition coefficient (Wildman–Crippen LogP) is 2.72. The fourth-order valence-corrected chi connectivity index (χ4v) is 2.64. The van der Waals surface area contributed by atoms with Crippen molar-refractivity contribution in [2.24, 2.45) is 5.73 Å². The molecule has 0 aliphatic heterocycles. The van der Waals surface area contributed by atoms with Crippen LogP contribution in [-0.2, 0) is 10.3 Å². The molecule has 2 N–H and O–H groups in total. The second-order valence-electron chi connectivity index (χ2n) is 5.65. The Bertz CT molecular complexity index is 401. The van der Waals surface area contributed by atoms with Crippen LogP contribution in [0.1, 0.15) is 70.0 Å². The van der Waals surface area contributed by atoms with Crippen LogP contribution in [0.2, 0.25) is 0 Å². The van der Waals surface area contributed by atoms with E-state index in [1.165, 1.54) is 19.3 Å². The Morgan fingerprint density at radius 1 is 1.37 bits per heavy atom. The van der Waals surface area contributed by atoms with Crippen molar-refractivity contribution < 1.29 is 9.26 Å². The maximum Gasteiger partial charge on any atom is 0.231 e. The van der Waals surface area contributed by atoms with Crippen LogP contribution in [0, 0.1) is 0 Å². The van der Waals surface area contributed by atoms with E-state index < -0.39 is 5.60 Å². The van der Waals surface area contributed by atoms with Gasteiger partial charge in [0, 0.05) is 13.2 Å². The first-order valence-corrected chi connectivity index (χ1v) is 7.25. The van der Waals surface area contributed by atoms with Crippen LogP contribution in [0.5, 0.6) is 0 Å². The monoisotopic (exact) mass is 267 g/mol. The van der Waals surface area contributed by atoms with Crippen LogP contribution >= 0.6 is 0 Å². The first-order chi connectivity index (χ1) is 9.10. The van der Waals surface area contributed by atoms with Gasteiger partial charge in [-0.1, -0.05) is 31.3 Å². The molecule has 1 fully saturated rings. The number of aromatic nitrogens is 2. The van der Waals surface area contributed by atoms with E-state index in [0.717, 1.165) is 19.3 Å². The zero-order valence-electron chi connectivity index (χ0n) is 12.2. The third kappa shape index (κ3) is 2.98. The Morgan fingerprint density at radius 2 is 2.11 bits per heavy atom. The smallest absolute Gasteiger partial charge is 0.231 e. The molecule has 1 heterocycles. The van der Waals surface area contributed by atoms with Gasteiger partial charge in [-0.25, -0.2) is 0 Å². The molecular formula is C14H25N3O2. The predicted molar refractivity (Wildman–Crippen MR) is 72.8 cm³/mol. The van der Waals surface area contributed by atoms with Crippen molar-refractivity contribution >= 4 is 0 Å². The minimum atomic E-state index is -0.476. The summed E-state index contributed by atoms with van der Waals surface area (Å²) in [5.74, 6) is 1.51. The van der Waals surface area contributed by atoms with Crippen molar-refractivity contribution in [3.63, 3.8) is 0 Å². The van der Waals surface area contributed by atoms with Crippen molar-refractivity contribution in [1.82, 2.24) is 10.1 Å². The molecule has 5 nitrogen and oxygen atoms in total. The van der Waals surface area contributed by atoms with Gasteiger partial charge in [0.05, 0.1) is 5.92 Å². The molecule has 1 aliphatic rings. The van der Waals surface area contributed by atoms with Crippen LogP contribution in [0.3, 0.4) is 0 Å². The van der Waals surface area contributed by atoms with E-state index in [0.29, 0.717) is 11.7 Å². The highest BCUT2D eigenvalue weighted by atomic mass is 16.5. The summed E-state index contributed by atoms with van der Waals surface area (Å²) < 4.78 is 11.0. The topological polar surface area (TPSA) is 74.2 Å². The number of hydrogen-bond donors (Lipinski definition) is 1.